The maximum absolute atomic E-state index is 5.08. The van der Waals surface area contributed by atoms with Crippen LogP contribution < -0.4 is 9.80 Å². The van der Waals surface area contributed by atoms with Crippen molar-refractivity contribution in [2.45, 2.75) is 38.3 Å². The van der Waals surface area contributed by atoms with Gasteiger partial charge in [0.25, 0.3) is 0 Å². The zero-order chi connectivity index (χ0) is 16.5. The topological polar surface area (TPSA) is 67.3 Å². The third-order valence-electron chi connectivity index (χ3n) is 4.82. The third-order valence-corrected chi connectivity index (χ3v) is 5.67. The summed E-state index contributed by atoms with van der Waals surface area (Å²) in [7, 11) is 3.74. The molecule has 0 spiro atoms. The van der Waals surface area contributed by atoms with E-state index in [1.165, 1.54) is 35.6 Å². The monoisotopic (exact) mass is 346 g/mol. The number of rotatable bonds is 5. The van der Waals surface area contributed by atoms with E-state index in [1.54, 1.807) is 7.11 Å². The molecular formula is C16H22N6OS. The van der Waals surface area contributed by atoms with Crippen LogP contribution in [0.25, 0.3) is 0 Å². The molecule has 2 aromatic heterocycles. The van der Waals surface area contributed by atoms with Crippen LogP contribution >= 0.6 is 11.5 Å². The molecule has 0 amide bonds. The summed E-state index contributed by atoms with van der Waals surface area (Å²) in [6, 6.07) is 2.67. The molecule has 1 aliphatic heterocycles. The first-order valence-corrected chi connectivity index (χ1v) is 9.16. The second kappa shape index (κ2) is 6.60. The molecule has 4 rings (SSSR count). The fraction of sp³-hybridized carbons (Fsp3) is 0.625. The summed E-state index contributed by atoms with van der Waals surface area (Å²) in [5.41, 5.74) is 2.58. The molecule has 128 valence electrons. The maximum atomic E-state index is 5.08. The first kappa shape index (κ1) is 15.7. The minimum atomic E-state index is 0.436. The normalized spacial score (nSPS) is 17.5. The van der Waals surface area contributed by atoms with Crippen molar-refractivity contribution in [3.8, 4) is 0 Å². The SMILES string of the molecule is COCc1nsc(N(C)C2CN(c3cc4c(nn3)CCCC4)C2)n1. The number of aromatic nitrogens is 4. The highest BCUT2D eigenvalue weighted by molar-refractivity contribution is 7.09. The summed E-state index contributed by atoms with van der Waals surface area (Å²) >= 11 is 1.43. The van der Waals surface area contributed by atoms with E-state index >= 15 is 0 Å². The minimum Gasteiger partial charge on any atom is -0.377 e. The Morgan fingerprint density at radius 2 is 2.12 bits per heavy atom. The van der Waals surface area contributed by atoms with Gasteiger partial charge >= 0.3 is 0 Å². The van der Waals surface area contributed by atoms with Crippen molar-refractivity contribution in [2.75, 3.05) is 37.0 Å². The summed E-state index contributed by atoms with van der Waals surface area (Å²) in [4.78, 5) is 9.02. The Morgan fingerprint density at radius 3 is 2.96 bits per heavy atom. The van der Waals surface area contributed by atoms with Gasteiger partial charge in [-0.2, -0.15) is 9.47 Å². The summed E-state index contributed by atoms with van der Waals surface area (Å²) in [5, 5.41) is 9.81. The molecule has 7 nitrogen and oxygen atoms in total. The van der Waals surface area contributed by atoms with Gasteiger partial charge in [0.2, 0.25) is 5.13 Å². The van der Waals surface area contributed by atoms with Gasteiger partial charge in [0.15, 0.2) is 11.6 Å². The molecule has 8 heteroatoms. The molecule has 2 aromatic rings. The number of likely N-dealkylation sites (N-methyl/N-ethyl adjacent to an activating group) is 1. The lowest BCUT2D eigenvalue weighted by molar-refractivity contribution is 0.179. The average Bonchev–Trinajstić information content (AvgIpc) is 3.02. The minimum absolute atomic E-state index is 0.436. The number of methoxy groups -OCH3 is 1. The van der Waals surface area contributed by atoms with E-state index in [1.807, 2.05) is 0 Å². The molecule has 2 aliphatic rings. The summed E-state index contributed by atoms with van der Waals surface area (Å²) in [6.07, 6.45) is 4.73. The first-order valence-electron chi connectivity index (χ1n) is 8.39. The van der Waals surface area contributed by atoms with Crippen LogP contribution in [0.2, 0.25) is 0 Å². The van der Waals surface area contributed by atoms with Gasteiger partial charge in [-0.15, -0.1) is 5.10 Å². The van der Waals surface area contributed by atoms with Gasteiger partial charge in [-0.25, -0.2) is 4.98 Å². The third kappa shape index (κ3) is 2.95. The molecule has 0 radical (unpaired) electrons. The van der Waals surface area contributed by atoms with Gasteiger partial charge in [0.05, 0.1) is 11.7 Å². The average molecular weight is 346 g/mol. The Kier molecular flexibility index (Phi) is 4.32. The number of hydrogen-bond donors (Lipinski definition) is 0. The van der Waals surface area contributed by atoms with Crippen molar-refractivity contribution in [1.29, 1.82) is 0 Å². The molecule has 1 saturated heterocycles. The molecule has 3 heterocycles. The van der Waals surface area contributed by atoms with Crippen LogP contribution in [0, 0.1) is 0 Å². The molecule has 1 aliphatic carbocycles. The second-order valence-electron chi connectivity index (χ2n) is 6.48. The van der Waals surface area contributed by atoms with Crippen molar-refractivity contribution >= 4 is 22.5 Å². The van der Waals surface area contributed by atoms with E-state index in [-0.39, 0.29) is 0 Å². The van der Waals surface area contributed by atoms with Gasteiger partial charge in [-0.3, -0.25) is 0 Å². The highest BCUT2D eigenvalue weighted by Gasteiger charge is 2.33. The van der Waals surface area contributed by atoms with Crippen molar-refractivity contribution in [1.82, 2.24) is 19.6 Å². The van der Waals surface area contributed by atoms with E-state index in [0.29, 0.717) is 12.6 Å². The molecule has 0 unspecified atom stereocenters. The van der Waals surface area contributed by atoms with Crippen LogP contribution in [0.3, 0.4) is 0 Å². The lowest BCUT2D eigenvalue weighted by Crippen LogP contribution is -2.59. The largest absolute Gasteiger partial charge is 0.377 e. The number of anilines is 2. The highest BCUT2D eigenvalue weighted by atomic mass is 32.1. The zero-order valence-electron chi connectivity index (χ0n) is 14.1. The second-order valence-corrected chi connectivity index (χ2v) is 7.21. The van der Waals surface area contributed by atoms with Crippen LogP contribution in [0.15, 0.2) is 6.07 Å². The van der Waals surface area contributed by atoms with Gasteiger partial charge in [0, 0.05) is 38.8 Å². The molecule has 0 N–H and O–H groups in total. The van der Waals surface area contributed by atoms with Crippen LogP contribution in [-0.2, 0) is 24.2 Å². The van der Waals surface area contributed by atoms with Gasteiger partial charge in [-0.05, 0) is 37.3 Å². The standard InChI is InChI=1S/C16H22N6OS/c1-21(16-17-14(10-23-2)20-24-16)12-8-22(9-12)15-7-11-5-3-4-6-13(11)18-19-15/h7,12H,3-6,8-10H2,1-2H3. The van der Waals surface area contributed by atoms with Crippen molar-refractivity contribution in [2.24, 2.45) is 0 Å². The van der Waals surface area contributed by atoms with Crippen LogP contribution in [-0.4, -0.2) is 52.8 Å². The van der Waals surface area contributed by atoms with Crippen molar-refractivity contribution in [3.63, 3.8) is 0 Å². The molecule has 24 heavy (non-hydrogen) atoms. The number of hydrogen-bond acceptors (Lipinski definition) is 8. The quantitative estimate of drug-likeness (QED) is 0.816. The number of nitrogens with zero attached hydrogens (tertiary/aromatic N) is 6. The molecule has 1 fully saturated rings. The smallest absolute Gasteiger partial charge is 0.205 e. The van der Waals surface area contributed by atoms with E-state index in [4.69, 9.17) is 4.74 Å². The number of fused-ring (bicyclic) bond motifs is 1. The number of ether oxygens (including phenoxy) is 1. The predicted molar refractivity (Wildman–Crippen MR) is 93.7 cm³/mol. The number of aryl methyl sites for hydroxylation is 2. The molecule has 0 bridgehead atoms. The predicted octanol–water partition coefficient (Wildman–Crippen LogP) is 1.68. The zero-order valence-corrected chi connectivity index (χ0v) is 14.9. The van der Waals surface area contributed by atoms with Gasteiger partial charge < -0.3 is 14.5 Å². The Bertz CT molecular complexity index is 714. The fourth-order valence-electron chi connectivity index (χ4n) is 3.25. The summed E-state index contributed by atoms with van der Waals surface area (Å²) in [6.45, 7) is 2.36. The van der Waals surface area contributed by atoms with Crippen LogP contribution in [0.4, 0.5) is 10.9 Å². The maximum Gasteiger partial charge on any atom is 0.205 e. The van der Waals surface area contributed by atoms with Crippen LogP contribution in [0.5, 0.6) is 0 Å². The Hall–Kier alpha value is -1.80. The molecule has 0 atom stereocenters. The van der Waals surface area contributed by atoms with E-state index < -0.39 is 0 Å². The van der Waals surface area contributed by atoms with E-state index in [0.717, 1.165) is 42.7 Å². The Morgan fingerprint density at radius 1 is 1.29 bits per heavy atom. The summed E-state index contributed by atoms with van der Waals surface area (Å²) < 4.78 is 9.40. The van der Waals surface area contributed by atoms with Crippen molar-refractivity contribution in [3.05, 3.63) is 23.1 Å². The molecule has 0 saturated carbocycles. The van der Waals surface area contributed by atoms with E-state index in [2.05, 4.69) is 42.5 Å². The van der Waals surface area contributed by atoms with Crippen LogP contribution in [0.1, 0.15) is 29.9 Å². The Labute approximate surface area is 145 Å². The highest BCUT2D eigenvalue weighted by Crippen LogP contribution is 2.28. The Balaban J connectivity index is 1.38. The lowest BCUT2D eigenvalue weighted by Gasteiger charge is -2.44. The lowest BCUT2D eigenvalue weighted by atomic mass is 9.96. The van der Waals surface area contributed by atoms with Crippen molar-refractivity contribution < 1.29 is 4.74 Å². The van der Waals surface area contributed by atoms with E-state index in [9.17, 15) is 0 Å². The summed E-state index contributed by atoms with van der Waals surface area (Å²) in [5.74, 6) is 1.76. The fourth-order valence-corrected chi connectivity index (χ4v) is 3.96. The van der Waals surface area contributed by atoms with Gasteiger partial charge in [-0.1, -0.05) is 0 Å². The first-order chi connectivity index (χ1) is 11.7. The van der Waals surface area contributed by atoms with Gasteiger partial charge in [0.1, 0.15) is 6.61 Å². The molecule has 0 aromatic carbocycles. The molecular weight excluding hydrogens is 324 g/mol.